The van der Waals surface area contributed by atoms with E-state index in [4.69, 9.17) is 5.11 Å². The number of aliphatic hydroxyl groups is 1. The topological polar surface area (TPSA) is 49.3 Å². The predicted molar refractivity (Wildman–Crippen MR) is 62.5 cm³/mol. The van der Waals surface area contributed by atoms with Gasteiger partial charge in [-0.1, -0.05) is 6.92 Å². The van der Waals surface area contributed by atoms with Crippen LogP contribution in [0.15, 0.2) is 6.07 Å². The molecular formula is C11H17NO2S. The van der Waals surface area contributed by atoms with Crippen LogP contribution in [0.5, 0.6) is 0 Å². The van der Waals surface area contributed by atoms with E-state index in [1.54, 1.807) is 11.3 Å². The van der Waals surface area contributed by atoms with E-state index in [1.807, 2.05) is 13.0 Å². The molecule has 1 heterocycles. The number of amides is 1. The Bertz CT molecular complexity index is 333. The van der Waals surface area contributed by atoms with Crippen molar-refractivity contribution in [2.75, 3.05) is 13.2 Å². The highest BCUT2D eigenvalue weighted by atomic mass is 32.1. The summed E-state index contributed by atoms with van der Waals surface area (Å²) < 4.78 is 0. The van der Waals surface area contributed by atoms with Crippen molar-refractivity contribution in [3.63, 3.8) is 0 Å². The van der Waals surface area contributed by atoms with Crippen LogP contribution in [-0.4, -0.2) is 24.2 Å². The normalized spacial score (nSPS) is 10.3. The number of nitrogens with one attached hydrogen (secondary N) is 1. The van der Waals surface area contributed by atoms with Crippen molar-refractivity contribution in [1.29, 1.82) is 0 Å². The van der Waals surface area contributed by atoms with Crippen molar-refractivity contribution in [2.24, 2.45) is 0 Å². The lowest BCUT2D eigenvalue weighted by Gasteiger charge is -2.00. The fraction of sp³-hybridized carbons (Fsp3) is 0.545. The van der Waals surface area contributed by atoms with E-state index in [-0.39, 0.29) is 12.5 Å². The largest absolute Gasteiger partial charge is 0.396 e. The Labute approximate surface area is 94.1 Å². The number of thiophene rings is 1. The lowest BCUT2D eigenvalue weighted by atomic mass is 10.2. The highest BCUT2D eigenvalue weighted by molar-refractivity contribution is 7.14. The Morgan fingerprint density at radius 2 is 2.33 bits per heavy atom. The number of carbonyl (C=O) groups excluding carboxylic acids is 1. The Hall–Kier alpha value is -0.870. The van der Waals surface area contributed by atoms with Crippen LogP contribution in [0.25, 0.3) is 0 Å². The van der Waals surface area contributed by atoms with Crippen molar-refractivity contribution >= 4 is 17.2 Å². The second kappa shape index (κ2) is 5.88. The maximum absolute atomic E-state index is 11.6. The molecule has 0 aliphatic carbocycles. The molecule has 1 aromatic rings. The molecule has 15 heavy (non-hydrogen) atoms. The van der Waals surface area contributed by atoms with E-state index in [0.717, 1.165) is 11.3 Å². The zero-order valence-corrected chi connectivity index (χ0v) is 9.99. The van der Waals surface area contributed by atoms with Crippen LogP contribution in [0.3, 0.4) is 0 Å². The highest BCUT2D eigenvalue weighted by Crippen LogP contribution is 2.22. The smallest absolute Gasteiger partial charge is 0.261 e. The molecule has 0 aliphatic rings. The van der Waals surface area contributed by atoms with Crippen LogP contribution < -0.4 is 5.32 Å². The molecule has 2 N–H and O–H groups in total. The summed E-state index contributed by atoms with van der Waals surface area (Å²) in [5.41, 5.74) is 1.19. The molecule has 84 valence electrons. The number of aliphatic hydroxyl groups excluding tert-OH is 1. The molecular weight excluding hydrogens is 210 g/mol. The van der Waals surface area contributed by atoms with Crippen LogP contribution >= 0.6 is 11.3 Å². The molecule has 4 heteroatoms. The number of rotatable bonds is 5. The zero-order chi connectivity index (χ0) is 11.3. The first-order valence-corrected chi connectivity index (χ1v) is 5.99. The minimum atomic E-state index is -0.0312. The molecule has 3 nitrogen and oxygen atoms in total. The van der Waals surface area contributed by atoms with E-state index in [1.165, 1.54) is 10.4 Å². The van der Waals surface area contributed by atoms with Gasteiger partial charge in [0.25, 0.3) is 5.91 Å². The molecule has 0 fully saturated rings. The molecule has 0 aliphatic heterocycles. The quantitative estimate of drug-likeness (QED) is 0.753. The van der Waals surface area contributed by atoms with E-state index in [0.29, 0.717) is 13.0 Å². The second-order valence-corrected chi connectivity index (χ2v) is 4.54. The van der Waals surface area contributed by atoms with E-state index in [2.05, 4.69) is 12.2 Å². The summed E-state index contributed by atoms with van der Waals surface area (Å²) in [6.45, 7) is 4.77. The molecule has 0 spiro atoms. The molecule has 0 bridgehead atoms. The number of hydrogen-bond acceptors (Lipinski definition) is 3. The van der Waals surface area contributed by atoms with Gasteiger partial charge in [-0.05, 0) is 31.4 Å². The van der Waals surface area contributed by atoms with Crippen molar-refractivity contribution in [2.45, 2.75) is 26.7 Å². The second-order valence-electron chi connectivity index (χ2n) is 3.40. The lowest BCUT2D eigenvalue weighted by Crippen LogP contribution is -2.24. The molecule has 0 atom stereocenters. The van der Waals surface area contributed by atoms with E-state index >= 15 is 0 Å². The third-order valence-corrected chi connectivity index (χ3v) is 3.57. The Kier molecular flexibility index (Phi) is 4.78. The van der Waals surface area contributed by atoms with Crippen molar-refractivity contribution in [3.05, 3.63) is 21.4 Å². The summed E-state index contributed by atoms with van der Waals surface area (Å²) in [5.74, 6) is -0.0312. The Balaban J connectivity index is 2.58. The summed E-state index contributed by atoms with van der Waals surface area (Å²) in [4.78, 5) is 13.7. The minimum Gasteiger partial charge on any atom is -0.396 e. The van der Waals surface area contributed by atoms with Gasteiger partial charge in [0.2, 0.25) is 0 Å². The summed E-state index contributed by atoms with van der Waals surface area (Å²) in [5, 5.41) is 11.4. The number of carbonyl (C=O) groups is 1. The van der Waals surface area contributed by atoms with Gasteiger partial charge < -0.3 is 10.4 Å². The first-order chi connectivity index (χ1) is 7.19. The average Bonchev–Trinajstić information content (AvgIpc) is 2.60. The van der Waals surface area contributed by atoms with Crippen LogP contribution in [0, 0.1) is 6.92 Å². The fourth-order valence-corrected chi connectivity index (χ4v) is 2.38. The first kappa shape index (κ1) is 12.2. The van der Waals surface area contributed by atoms with Gasteiger partial charge in [0.1, 0.15) is 0 Å². The summed E-state index contributed by atoms with van der Waals surface area (Å²) in [7, 11) is 0. The van der Waals surface area contributed by atoms with Crippen molar-refractivity contribution in [1.82, 2.24) is 5.32 Å². The third-order valence-electron chi connectivity index (χ3n) is 2.19. The van der Waals surface area contributed by atoms with Crippen molar-refractivity contribution < 1.29 is 9.90 Å². The summed E-state index contributed by atoms with van der Waals surface area (Å²) in [6, 6.07) is 1.93. The van der Waals surface area contributed by atoms with Crippen LogP contribution in [-0.2, 0) is 6.42 Å². The van der Waals surface area contributed by atoms with Gasteiger partial charge in [-0.25, -0.2) is 0 Å². The van der Waals surface area contributed by atoms with Crippen LogP contribution in [0.4, 0.5) is 0 Å². The van der Waals surface area contributed by atoms with Gasteiger partial charge in [0, 0.05) is 18.0 Å². The number of hydrogen-bond donors (Lipinski definition) is 2. The molecule has 0 saturated carbocycles. The zero-order valence-electron chi connectivity index (χ0n) is 9.17. The van der Waals surface area contributed by atoms with Gasteiger partial charge in [0.15, 0.2) is 0 Å². The van der Waals surface area contributed by atoms with Gasteiger partial charge in [-0.3, -0.25) is 4.79 Å². The van der Waals surface area contributed by atoms with Crippen molar-refractivity contribution in [3.8, 4) is 0 Å². The summed E-state index contributed by atoms with van der Waals surface area (Å²) >= 11 is 1.55. The Morgan fingerprint density at radius 3 is 2.87 bits per heavy atom. The van der Waals surface area contributed by atoms with Gasteiger partial charge in [0.05, 0.1) is 4.88 Å². The molecule has 1 amide bonds. The lowest BCUT2D eigenvalue weighted by molar-refractivity contribution is 0.0955. The SMILES string of the molecule is CCc1sc(C(=O)NCCCO)cc1C. The Morgan fingerprint density at radius 1 is 1.60 bits per heavy atom. The maximum atomic E-state index is 11.6. The minimum absolute atomic E-state index is 0.0312. The van der Waals surface area contributed by atoms with Gasteiger partial charge >= 0.3 is 0 Å². The highest BCUT2D eigenvalue weighted by Gasteiger charge is 2.10. The predicted octanol–water partition coefficient (Wildman–Crippen LogP) is 1.73. The molecule has 0 radical (unpaired) electrons. The molecule has 0 unspecified atom stereocenters. The average molecular weight is 227 g/mol. The molecule has 1 aromatic heterocycles. The van der Waals surface area contributed by atoms with E-state index in [9.17, 15) is 4.79 Å². The van der Waals surface area contributed by atoms with Gasteiger partial charge in [-0.2, -0.15) is 0 Å². The molecule has 0 aromatic carbocycles. The summed E-state index contributed by atoms with van der Waals surface area (Å²) in [6.07, 6.45) is 1.58. The maximum Gasteiger partial charge on any atom is 0.261 e. The monoisotopic (exact) mass is 227 g/mol. The first-order valence-electron chi connectivity index (χ1n) is 5.17. The van der Waals surface area contributed by atoms with E-state index < -0.39 is 0 Å². The van der Waals surface area contributed by atoms with Crippen LogP contribution in [0.1, 0.15) is 33.5 Å². The molecule has 1 rings (SSSR count). The molecule has 0 saturated heterocycles. The fourth-order valence-electron chi connectivity index (χ4n) is 1.35. The third kappa shape index (κ3) is 3.32. The van der Waals surface area contributed by atoms with Gasteiger partial charge in [-0.15, -0.1) is 11.3 Å². The van der Waals surface area contributed by atoms with Crippen LogP contribution in [0.2, 0.25) is 0 Å². The standard InChI is InChI=1S/C11H17NO2S/c1-3-9-8(2)7-10(15-9)11(14)12-5-4-6-13/h7,13H,3-6H2,1-2H3,(H,12,14). The number of aryl methyl sites for hydroxylation is 2.